The van der Waals surface area contributed by atoms with Gasteiger partial charge in [-0.2, -0.15) is 26.3 Å². The van der Waals surface area contributed by atoms with E-state index in [2.05, 4.69) is 0 Å². The first-order valence-corrected chi connectivity index (χ1v) is 6.47. The highest BCUT2D eigenvalue weighted by Crippen LogP contribution is 2.41. The molecule has 0 aliphatic heterocycles. The fraction of sp³-hybridized carbons (Fsp3) is 0.133. The Bertz CT molecular complexity index is 734. The van der Waals surface area contributed by atoms with Gasteiger partial charge < -0.3 is 0 Å². The number of rotatable bonds is 2. The Morgan fingerprint density at radius 3 is 1.91 bits per heavy atom. The number of ketones is 1. The standard InChI is InChI=1S/C15H7ClF6O/c16-11-7-9(14(17,18)19)6-10(12(11)15(20,21)22)13(23)8-4-2-1-3-5-8/h1-7H. The second-order valence-electron chi connectivity index (χ2n) is 4.57. The Balaban J connectivity index is 2.73. The molecule has 0 fully saturated rings. The molecule has 2 aromatic carbocycles. The highest BCUT2D eigenvalue weighted by Gasteiger charge is 2.41. The molecule has 0 spiro atoms. The van der Waals surface area contributed by atoms with Gasteiger partial charge in [-0.05, 0) is 12.1 Å². The van der Waals surface area contributed by atoms with Crippen LogP contribution in [0.1, 0.15) is 27.0 Å². The van der Waals surface area contributed by atoms with E-state index < -0.39 is 39.8 Å². The topological polar surface area (TPSA) is 17.1 Å². The van der Waals surface area contributed by atoms with Crippen LogP contribution in [0.3, 0.4) is 0 Å². The molecule has 2 aromatic rings. The van der Waals surface area contributed by atoms with Crippen molar-refractivity contribution in [2.45, 2.75) is 12.4 Å². The Morgan fingerprint density at radius 1 is 0.870 bits per heavy atom. The number of carbonyl (C=O) groups is 1. The van der Waals surface area contributed by atoms with Crippen LogP contribution in [-0.4, -0.2) is 5.78 Å². The minimum absolute atomic E-state index is 0.159. The summed E-state index contributed by atoms with van der Waals surface area (Å²) >= 11 is 5.38. The Labute approximate surface area is 131 Å². The van der Waals surface area contributed by atoms with E-state index in [1.54, 1.807) is 0 Å². The summed E-state index contributed by atoms with van der Waals surface area (Å²) in [6, 6.07) is 7.02. The first-order chi connectivity index (χ1) is 10.5. The number of halogens is 7. The van der Waals surface area contributed by atoms with Crippen LogP contribution in [-0.2, 0) is 12.4 Å². The van der Waals surface area contributed by atoms with Crippen LogP contribution < -0.4 is 0 Å². The van der Waals surface area contributed by atoms with Crippen molar-refractivity contribution in [1.82, 2.24) is 0 Å². The average molecular weight is 353 g/mol. The summed E-state index contributed by atoms with van der Waals surface area (Å²) < 4.78 is 77.7. The van der Waals surface area contributed by atoms with Gasteiger partial charge in [-0.1, -0.05) is 41.9 Å². The number of hydrogen-bond acceptors (Lipinski definition) is 1. The third-order valence-electron chi connectivity index (χ3n) is 2.98. The zero-order chi connectivity index (χ0) is 17.4. The second-order valence-corrected chi connectivity index (χ2v) is 4.98. The van der Waals surface area contributed by atoms with Gasteiger partial charge in [0.2, 0.25) is 0 Å². The zero-order valence-corrected chi connectivity index (χ0v) is 11.9. The van der Waals surface area contributed by atoms with Crippen LogP contribution in [0.25, 0.3) is 0 Å². The van der Waals surface area contributed by atoms with Crippen molar-refractivity contribution in [2.24, 2.45) is 0 Å². The normalized spacial score (nSPS) is 12.3. The van der Waals surface area contributed by atoms with Crippen LogP contribution in [0.5, 0.6) is 0 Å². The molecule has 0 unspecified atom stereocenters. The molecule has 1 nitrogen and oxygen atoms in total. The molecule has 0 saturated carbocycles. The molecule has 0 saturated heterocycles. The second kappa shape index (κ2) is 5.88. The van der Waals surface area contributed by atoms with Gasteiger partial charge in [-0.15, -0.1) is 0 Å². The van der Waals surface area contributed by atoms with E-state index in [1.165, 1.54) is 30.3 Å². The third-order valence-corrected chi connectivity index (χ3v) is 3.28. The zero-order valence-electron chi connectivity index (χ0n) is 11.1. The maximum Gasteiger partial charge on any atom is 0.418 e. The van der Waals surface area contributed by atoms with E-state index in [9.17, 15) is 31.1 Å². The molecule has 0 bridgehead atoms. The molecule has 8 heteroatoms. The quantitative estimate of drug-likeness (QED) is 0.507. The van der Waals surface area contributed by atoms with Gasteiger partial charge in [-0.3, -0.25) is 4.79 Å². The van der Waals surface area contributed by atoms with E-state index >= 15 is 0 Å². The maximum absolute atomic E-state index is 13.1. The molecule has 0 aliphatic rings. The van der Waals surface area contributed by atoms with Crippen LogP contribution >= 0.6 is 11.6 Å². The fourth-order valence-corrected chi connectivity index (χ4v) is 2.31. The lowest BCUT2D eigenvalue weighted by Gasteiger charge is -2.17. The molecule has 23 heavy (non-hydrogen) atoms. The van der Waals surface area contributed by atoms with Crippen molar-refractivity contribution in [3.8, 4) is 0 Å². The first kappa shape index (κ1) is 17.3. The SMILES string of the molecule is O=C(c1ccccc1)c1cc(C(F)(F)F)cc(Cl)c1C(F)(F)F. The molecule has 0 aromatic heterocycles. The summed E-state index contributed by atoms with van der Waals surface area (Å²) in [6.07, 6.45) is -10.00. The lowest BCUT2D eigenvalue weighted by molar-refractivity contribution is -0.141. The molecule has 0 atom stereocenters. The summed E-state index contributed by atoms with van der Waals surface area (Å²) in [7, 11) is 0. The van der Waals surface area contributed by atoms with Crippen LogP contribution in [0.4, 0.5) is 26.3 Å². The fourth-order valence-electron chi connectivity index (χ4n) is 1.98. The molecular formula is C15H7ClF6O. The summed E-state index contributed by atoms with van der Waals surface area (Å²) in [5.74, 6) is -1.19. The Hall–Kier alpha value is -2.02. The van der Waals surface area contributed by atoms with Crippen LogP contribution in [0, 0.1) is 0 Å². The summed E-state index contributed by atoms with van der Waals surface area (Å²) in [5.41, 5.74) is -4.31. The summed E-state index contributed by atoms with van der Waals surface area (Å²) in [4.78, 5) is 12.2. The number of hydrogen-bond donors (Lipinski definition) is 0. The molecule has 0 heterocycles. The van der Waals surface area contributed by atoms with Gasteiger partial charge in [-0.25, -0.2) is 0 Å². The van der Waals surface area contributed by atoms with Crippen LogP contribution in [0.2, 0.25) is 5.02 Å². The minimum Gasteiger partial charge on any atom is -0.289 e. The maximum atomic E-state index is 13.1. The largest absolute Gasteiger partial charge is 0.418 e. The molecular weight excluding hydrogens is 346 g/mol. The van der Waals surface area contributed by atoms with Crippen molar-refractivity contribution >= 4 is 17.4 Å². The van der Waals surface area contributed by atoms with Gasteiger partial charge in [0.15, 0.2) is 5.78 Å². The highest BCUT2D eigenvalue weighted by molar-refractivity contribution is 6.32. The predicted molar refractivity (Wildman–Crippen MR) is 71.3 cm³/mol. The predicted octanol–water partition coefficient (Wildman–Crippen LogP) is 5.61. The average Bonchev–Trinajstić information content (AvgIpc) is 2.44. The Morgan fingerprint density at radius 2 is 1.43 bits per heavy atom. The molecule has 2 rings (SSSR count). The van der Waals surface area contributed by atoms with E-state index in [0.29, 0.717) is 0 Å². The number of carbonyl (C=O) groups excluding carboxylic acids is 1. The third kappa shape index (κ3) is 3.67. The van der Waals surface area contributed by atoms with E-state index in [0.717, 1.165) is 0 Å². The van der Waals surface area contributed by atoms with E-state index in [4.69, 9.17) is 11.6 Å². The highest BCUT2D eigenvalue weighted by atomic mass is 35.5. The summed E-state index contributed by atoms with van der Waals surface area (Å²) in [6.45, 7) is 0. The molecule has 0 radical (unpaired) electrons. The molecule has 0 aliphatic carbocycles. The van der Waals surface area contributed by atoms with Gasteiger partial charge >= 0.3 is 12.4 Å². The van der Waals surface area contributed by atoms with Gasteiger partial charge in [0.1, 0.15) is 0 Å². The van der Waals surface area contributed by atoms with Crippen molar-refractivity contribution in [3.63, 3.8) is 0 Å². The van der Waals surface area contributed by atoms with Crippen LogP contribution in [0.15, 0.2) is 42.5 Å². The minimum atomic E-state index is -5.07. The van der Waals surface area contributed by atoms with E-state index in [1.807, 2.05) is 0 Å². The summed E-state index contributed by atoms with van der Waals surface area (Å²) in [5, 5.41) is -1.17. The lowest BCUT2D eigenvalue weighted by Crippen LogP contribution is -2.17. The van der Waals surface area contributed by atoms with Gasteiger partial charge in [0.25, 0.3) is 0 Å². The van der Waals surface area contributed by atoms with Gasteiger partial charge in [0, 0.05) is 11.1 Å². The van der Waals surface area contributed by atoms with Crippen molar-refractivity contribution < 1.29 is 31.1 Å². The molecule has 0 amide bonds. The van der Waals surface area contributed by atoms with Gasteiger partial charge in [0.05, 0.1) is 16.1 Å². The number of benzene rings is 2. The Kier molecular flexibility index (Phi) is 4.43. The van der Waals surface area contributed by atoms with Crippen molar-refractivity contribution in [1.29, 1.82) is 0 Å². The molecule has 0 N–H and O–H groups in total. The first-order valence-electron chi connectivity index (χ1n) is 6.09. The van der Waals surface area contributed by atoms with E-state index in [-0.39, 0.29) is 17.7 Å². The van der Waals surface area contributed by atoms with Crippen molar-refractivity contribution in [3.05, 3.63) is 69.7 Å². The van der Waals surface area contributed by atoms with Crippen molar-refractivity contribution in [2.75, 3.05) is 0 Å². The molecule has 122 valence electrons. The smallest absolute Gasteiger partial charge is 0.289 e. The number of alkyl halides is 6. The lowest BCUT2D eigenvalue weighted by atomic mass is 9.95. The monoisotopic (exact) mass is 352 g/mol.